The molecule has 5 heteroatoms. The fourth-order valence-corrected chi connectivity index (χ4v) is 2.46. The number of amidine groups is 1. The number of aliphatic hydroxyl groups is 1. The van der Waals surface area contributed by atoms with Gasteiger partial charge in [-0.1, -0.05) is 19.0 Å². The Morgan fingerprint density at radius 1 is 1.50 bits per heavy atom. The molecule has 0 bridgehead atoms. The zero-order chi connectivity index (χ0) is 13.6. The van der Waals surface area contributed by atoms with E-state index in [0.29, 0.717) is 13.0 Å². The molecular formula is C13H27N3O2. The number of oxime groups is 1. The average molecular weight is 257 g/mol. The number of nitrogens with zero attached hydrogens (tertiary/aromatic N) is 1. The van der Waals surface area contributed by atoms with Crippen molar-refractivity contribution < 1.29 is 10.3 Å². The van der Waals surface area contributed by atoms with Crippen LogP contribution in [0.2, 0.25) is 0 Å². The van der Waals surface area contributed by atoms with Crippen LogP contribution in [0.15, 0.2) is 5.16 Å². The Bertz CT molecular complexity index is 273. The molecule has 1 unspecified atom stereocenters. The predicted molar refractivity (Wildman–Crippen MR) is 72.7 cm³/mol. The Morgan fingerprint density at radius 2 is 2.11 bits per heavy atom. The number of nitrogens with one attached hydrogen (secondary N) is 1. The first kappa shape index (κ1) is 15.2. The van der Waals surface area contributed by atoms with Crippen molar-refractivity contribution in [3.05, 3.63) is 0 Å². The van der Waals surface area contributed by atoms with Gasteiger partial charge in [-0.25, -0.2) is 0 Å². The standard InChI is InChI=1S/C13H27N3O2/c1-3-11(8-12(14)16-18)15-9-13(17)6-4-10(2)5-7-13/h10-11,15,17-18H,3-9H2,1-2H3,(H2,14,16). The fraction of sp³-hybridized carbons (Fsp3) is 0.923. The minimum Gasteiger partial charge on any atom is -0.409 e. The van der Waals surface area contributed by atoms with Gasteiger partial charge in [0.15, 0.2) is 0 Å². The first-order valence-corrected chi connectivity index (χ1v) is 6.91. The first-order chi connectivity index (χ1) is 8.49. The number of hydrogen-bond donors (Lipinski definition) is 4. The third-order valence-electron chi connectivity index (χ3n) is 4.00. The van der Waals surface area contributed by atoms with E-state index >= 15 is 0 Å². The summed E-state index contributed by atoms with van der Waals surface area (Å²) in [6.07, 6.45) is 5.31. The molecule has 0 heterocycles. The van der Waals surface area contributed by atoms with Crippen LogP contribution in [0, 0.1) is 5.92 Å². The highest BCUT2D eigenvalue weighted by Gasteiger charge is 2.31. The monoisotopic (exact) mass is 257 g/mol. The normalized spacial score (nSPS) is 31.3. The molecule has 1 saturated carbocycles. The van der Waals surface area contributed by atoms with E-state index in [4.69, 9.17) is 10.9 Å². The lowest BCUT2D eigenvalue weighted by Crippen LogP contribution is -2.47. The maximum absolute atomic E-state index is 10.5. The summed E-state index contributed by atoms with van der Waals surface area (Å²) < 4.78 is 0. The molecule has 0 aliphatic heterocycles. The van der Waals surface area contributed by atoms with Crippen LogP contribution in [-0.4, -0.2) is 34.3 Å². The SMILES string of the molecule is CCC(CC(N)=NO)NCC1(O)CCC(C)CC1. The van der Waals surface area contributed by atoms with E-state index in [1.165, 1.54) is 0 Å². The van der Waals surface area contributed by atoms with Crippen LogP contribution in [0.5, 0.6) is 0 Å². The van der Waals surface area contributed by atoms with Gasteiger partial charge in [0.2, 0.25) is 0 Å². The van der Waals surface area contributed by atoms with Gasteiger partial charge in [-0.15, -0.1) is 0 Å². The lowest BCUT2D eigenvalue weighted by molar-refractivity contribution is -0.00811. The van der Waals surface area contributed by atoms with Crippen molar-refractivity contribution >= 4 is 5.84 Å². The molecule has 0 radical (unpaired) electrons. The van der Waals surface area contributed by atoms with Crippen LogP contribution in [-0.2, 0) is 0 Å². The Balaban J connectivity index is 2.37. The van der Waals surface area contributed by atoms with Crippen molar-refractivity contribution in [2.45, 2.75) is 64.0 Å². The highest BCUT2D eigenvalue weighted by Crippen LogP contribution is 2.31. The molecule has 1 fully saturated rings. The Kier molecular flexibility index (Phi) is 5.88. The summed E-state index contributed by atoms with van der Waals surface area (Å²) in [4.78, 5) is 0. The molecule has 106 valence electrons. The third kappa shape index (κ3) is 4.82. The molecule has 1 rings (SSSR count). The minimum absolute atomic E-state index is 0.157. The van der Waals surface area contributed by atoms with Crippen molar-refractivity contribution in [1.29, 1.82) is 0 Å². The van der Waals surface area contributed by atoms with Gasteiger partial charge in [-0.3, -0.25) is 0 Å². The van der Waals surface area contributed by atoms with Crippen LogP contribution >= 0.6 is 0 Å². The van der Waals surface area contributed by atoms with Gasteiger partial charge >= 0.3 is 0 Å². The first-order valence-electron chi connectivity index (χ1n) is 6.91. The van der Waals surface area contributed by atoms with E-state index in [-0.39, 0.29) is 11.9 Å². The Labute approximate surface area is 109 Å². The Morgan fingerprint density at radius 3 is 2.61 bits per heavy atom. The molecule has 1 aliphatic carbocycles. The summed E-state index contributed by atoms with van der Waals surface area (Å²) in [6.45, 7) is 4.88. The van der Waals surface area contributed by atoms with E-state index in [1.54, 1.807) is 0 Å². The fourth-order valence-electron chi connectivity index (χ4n) is 2.46. The molecule has 18 heavy (non-hydrogen) atoms. The molecule has 1 aliphatic rings. The quantitative estimate of drug-likeness (QED) is 0.251. The van der Waals surface area contributed by atoms with Gasteiger partial charge in [0.1, 0.15) is 5.84 Å². The molecule has 5 nitrogen and oxygen atoms in total. The third-order valence-corrected chi connectivity index (χ3v) is 4.00. The van der Waals surface area contributed by atoms with E-state index in [0.717, 1.165) is 38.0 Å². The zero-order valence-corrected chi connectivity index (χ0v) is 11.5. The smallest absolute Gasteiger partial charge is 0.140 e. The van der Waals surface area contributed by atoms with Crippen molar-refractivity contribution in [1.82, 2.24) is 5.32 Å². The second-order valence-electron chi connectivity index (χ2n) is 5.69. The van der Waals surface area contributed by atoms with Crippen molar-refractivity contribution in [2.75, 3.05) is 6.54 Å². The maximum atomic E-state index is 10.5. The zero-order valence-electron chi connectivity index (χ0n) is 11.5. The summed E-state index contributed by atoms with van der Waals surface area (Å²) in [5.74, 6) is 0.961. The second kappa shape index (κ2) is 6.95. The van der Waals surface area contributed by atoms with Gasteiger partial charge in [0.05, 0.1) is 5.60 Å². The maximum Gasteiger partial charge on any atom is 0.140 e. The van der Waals surface area contributed by atoms with Gasteiger partial charge in [0.25, 0.3) is 0 Å². The van der Waals surface area contributed by atoms with Crippen LogP contribution in [0.1, 0.15) is 52.4 Å². The molecule has 0 saturated heterocycles. The minimum atomic E-state index is -0.578. The summed E-state index contributed by atoms with van der Waals surface area (Å²) in [7, 11) is 0. The van der Waals surface area contributed by atoms with Gasteiger partial charge in [-0.05, 0) is 38.0 Å². The van der Waals surface area contributed by atoms with Crippen LogP contribution in [0.3, 0.4) is 0 Å². The molecule has 0 aromatic rings. The molecule has 0 aromatic heterocycles. The molecular weight excluding hydrogens is 230 g/mol. The van der Waals surface area contributed by atoms with Crippen molar-refractivity contribution in [3.8, 4) is 0 Å². The molecule has 1 atom stereocenters. The average Bonchev–Trinajstić information content (AvgIpc) is 2.38. The van der Waals surface area contributed by atoms with Gasteiger partial charge in [0, 0.05) is 19.0 Å². The van der Waals surface area contributed by atoms with Crippen LogP contribution in [0.4, 0.5) is 0 Å². The van der Waals surface area contributed by atoms with Crippen molar-refractivity contribution in [2.24, 2.45) is 16.8 Å². The highest BCUT2D eigenvalue weighted by atomic mass is 16.4. The van der Waals surface area contributed by atoms with Gasteiger partial charge < -0.3 is 21.4 Å². The number of rotatable bonds is 6. The van der Waals surface area contributed by atoms with E-state index in [9.17, 15) is 5.11 Å². The van der Waals surface area contributed by atoms with Crippen LogP contribution in [0.25, 0.3) is 0 Å². The summed E-state index contributed by atoms with van der Waals surface area (Å²) in [6, 6.07) is 0.157. The lowest BCUT2D eigenvalue weighted by atomic mass is 9.79. The second-order valence-corrected chi connectivity index (χ2v) is 5.69. The largest absolute Gasteiger partial charge is 0.409 e. The predicted octanol–water partition coefficient (Wildman–Crippen LogP) is 1.43. The number of nitrogens with two attached hydrogens (primary N) is 1. The van der Waals surface area contributed by atoms with Crippen molar-refractivity contribution in [3.63, 3.8) is 0 Å². The van der Waals surface area contributed by atoms with Crippen LogP contribution < -0.4 is 11.1 Å². The topological polar surface area (TPSA) is 90.9 Å². The van der Waals surface area contributed by atoms with E-state index in [1.807, 2.05) is 0 Å². The van der Waals surface area contributed by atoms with E-state index in [2.05, 4.69) is 24.3 Å². The molecule has 0 spiro atoms. The molecule has 5 N–H and O–H groups in total. The lowest BCUT2D eigenvalue weighted by Gasteiger charge is -2.36. The summed E-state index contributed by atoms with van der Waals surface area (Å²) in [5.41, 5.74) is 4.93. The molecule has 0 aromatic carbocycles. The van der Waals surface area contributed by atoms with E-state index < -0.39 is 5.60 Å². The Hall–Kier alpha value is -0.810. The number of hydrogen-bond acceptors (Lipinski definition) is 4. The highest BCUT2D eigenvalue weighted by molar-refractivity contribution is 5.80. The summed E-state index contributed by atoms with van der Waals surface area (Å²) >= 11 is 0. The van der Waals surface area contributed by atoms with Gasteiger partial charge in [-0.2, -0.15) is 0 Å². The molecule has 0 amide bonds. The summed E-state index contributed by atoms with van der Waals surface area (Å²) in [5, 5.41) is 25.3.